The molecule has 1 aromatic carbocycles. The smallest absolute Gasteiger partial charge is 0.128 e. The van der Waals surface area contributed by atoms with E-state index >= 15 is 0 Å². The highest BCUT2D eigenvalue weighted by atomic mass is 32.1. The number of thiophene rings is 1. The zero-order valence-electron chi connectivity index (χ0n) is 10.6. The molecule has 2 rings (SSSR count). The van der Waals surface area contributed by atoms with Gasteiger partial charge in [0.05, 0.1) is 6.04 Å². The molecule has 0 radical (unpaired) electrons. The zero-order chi connectivity index (χ0) is 13.3. The minimum absolute atomic E-state index is 0.307. The molecule has 4 heteroatoms. The van der Waals surface area contributed by atoms with Crippen LogP contribution in [0.4, 0.5) is 8.78 Å². The number of halogens is 2. The van der Waals surface area contributed by atoms with Crippen LogP contribution in [0.1, 0.15) is 26.9 Å². The SMILES string of the molecule is CNC(c1ccc(C)s1)c1cc(F)c(C)cc1F. The molecule has 96 valence electrons. The summed E-state index contributed by atoms with van der Waals surface area (Å²) in [7, 11) is 1.75. The van der Waals surface area contributed by atoms with Gasteiger partial charge in [0.2, 0.25) is 0 Å². The van der Waals surface area contributed by atoms with Crippen LogP contribution in [-0.2, 0) is 0 Å². The molecule has 0 bridgehead atoms. The van der Waals surface area contributed by atoms with Gasteiger partial charge in [-0.3, -0.25) is 0 Å². The summed E-state index contributed by atoms with van der Waals surface area (Å²) < 4.78 is 27.5. The third-order valence-corrected chi connectivity index (χ3v) is 3.99. The summed E-state index contributed by atoms with van der Waals surface area (Å²) in [6, 6.07) is 6.14. The number of rotatable bonds is 3. The fourth-order valence-corrected chi connectivity index (χ4v) is 2.95. The summed E-state index contributed by atoms with van der Waals surface area (Å²) in [6.07, 6.45) is 0. The van der Waals surface area contributed by atoms with Gasteiger partial charge in [-0.05, 0) is 50.7 Å². The van der Waals surface area contributed by atoms with Gasteiger partial charge in [0, 0.05) is 15.3 Å². The lowest BCUT2D eigenvalue weighted by Gasteiger charge is -2.16. The molecular weight excluding hydrogens is 252 g/mol. The normalized spacial score (nSPS) is 12.7. The van der Waals surface area contributed by atoms with E-state index < -0.39 is 0 Å². The molecule has 0 fully saturated rings. The Morgan fingerprint density at radius 3 is 2.39 bits per heavy atom. The second-order valence-electron chi connectivity index (χ2n) is 4.29. The van der Waals surface area contributed by atoms with Crippen molar-refractivity contribution in [2.75, 3.05) is 7.05 Å². The number of aryl methyl sites for hydroxylation is 2. The second kappa shape index (κ2) is 5.16. The molecule has 0 saturated carbocycles. The quantitative estimate of drug-likeness (QED) is 0.887. The van der Waals surface area contributed by atoms with E-state index in [4.69, 9.17) is 0 Å². The second-order valence-corrected chi connectivity index (χ2v) is 5.61. The van der Waals surface area contributed by atoms with E-state index in [-0.39, 0.29) is 17.7 Å². The first kappa shape index (κ1) is 13.2. The molecule has 1 N–H and O–H groups in total. The third-order valence-electron chi connectivity index (χ3n) is 2.92. The van der Waals surface area contributed by atoms with E-state index in [0.717, 1.165) is 9.75 Å². The standard InChI is InChI=1S/C14H15F2NS/c1-8-6-12(16)10(7-11(8)15)14(17-3)13-5-4-9(2)18-13/h4-7,14,17H,1-3H3. The molecule has 1 heterocycles. The van der Waals surface area contributed by atoms with Crippen molar-refractivity contribution in [1.29, 1.82) is 0 Å². The molecule has 1 aromatic heterocycles. The Morgan fingerprint density at radius 1 is 1.11 bits per heavy atom. The fourth-order valence-electron chi connectivity index (χ4n) is 1.94. The Kier molecular flexibility index (Phi) is 3.78. The van der Waals surface area contributed by atoms with Gasteiger partial charge in [-0.25, -0.2) is 8.78 Å². The Morgan fingerprint density at radius 2 is 1.83 bits per heavy atom. The number of benzene rings is 1. The van der Waals surface area contributed by atoms with Crippen LogP contribution in [0.3, 0.4) is 0 Å². The van der Waals surface area contributed by atoms with Crippen molar-refractivity contribution in [3.05, 3.63) is 56.8 Å². The largest absolute Gasteiger partial charge is 0.309 e. The average molecular weight is 267 g/mol. The number of nitrogens with one attached hydrogen (secondary N) is 1. The van der Waals surface area contributed by atoms with E-state index in [2.05, 4.69) is 5.32 Å². The van der Waals surface area contributed by atoms with Crippen molar-refractivity contribution in [1.82, 2.24) is 5.32 Å². The van der Waals surface area contributed by atoms with Crippen LogP contribution in [0.25, 0.3) is 0 Å². The minimum atomic E-state index is -0.376. The van der Waals surface area contributed by atoms with Gasteiger partial charge in [0.15, 0.2) is 0 Å². The highest BCUT2D eigenvalue weighted by molar-refractivity contribution is 7.12. The maximum absolute atomic E-state index is 14.0. The van der Waals surface area contributed by atoms with Gasteiger partial charge in [-0.1, -0.05) is 0 Å². The van der Waals surface area contributed by atoms with Crippen molar-refractivity contribution in [3.8, 4) is 0 Å². The Balaban J connectivity index is 2.48. The van der Waals surface area contributed by atoms with E-state index in [1.165, 1.54) is 12.1 Å². The molecule has 0 aliphatic heterocycles. The van der Waals surface area contributed by atoms with Crippen LogP contribution in [0.2, 0.25) is 0 Å². The van der Waals surface area contributed by atoms with Gasteiger partial charge in [-0.15, -0.1) is 11.3 Å². The minimum Gasteiger partial charge on any atom is -0.309 e. The van der Waals surface area contributed by atoms with E-state index in [1.54, 1.807) is 25.3 Å². The van der Waals surface area contributed by atoms with Crippen molar-refractivity contribution < 1.29 is 8.78 Å². The first-order chi connectivity index (χ1) is 8.52. The van der Waals surface area contributed by atoms with Gasteiger partial charge in [-0.2, -0.15) is 0 Å². The molecule has 0 saturated heterocycles. The van der Waals surface area contributed by atoms with Crippen LogP contribution in [0.5, 0.6) is 0 Å². The number of hydrogen-bond acceptors (Lipinski definition) is 2. The molecular formula is C14H15F2NS. The third kappa shape index (κ3) is 2.44. The van der Waals surface area contributed by atoms with Crippen LogP contribution in [0, 0.1) is 25.5 Å². The van der Waals surface area contributed by atoms with Crippen molar-refractivity contribution >= 4 is 11.3 Å². The topological polar surface area (TPSA) is 12.0 Å². The van der Waals surface area contributed by atoms with Crippen molar-refractivity contribution in [3.63, 3.8) is 0 Å². The first-order valence-electron chi connectivity index (χ1n) is 5.72. The van der Waals surface area contributed by atoms with E-state index in [9.17, 15) is 8.78 Å². The van der Waals surface area contributed by atoms with E-state index in [1.807, 2.05) is 19.1 Å². The summed E-state index contributed by atoms with van der Waals surface area (Å²) in [5.74, 6) is -0.751. The molecule has 1 unspecified atom stereocenters. The Labute approximate surface area is 109 Å². The lowest BCUT2D eigenvalue weighted by atomic mass is 10.0. The van der Waals surface area contributed by atoms with Crippen LogP contribution in [-0.4, -0.2) is 7.05 Å². The van der Waals surface area contributed by atoms with Crippen LogP contribution in [0.15, 0.2) is 24.3 Å². The summed E-state index contributed by atoms with van der Waals surface area (Å²) in [4.78, 5) is 2.13. The summed E-state index contributed by atoms with van der Waals surface area (Å²) in [6.45, 7) is 3.55. The fraction of sp³-hybridized carbons (Fsp3) is 0.286. The molecule has 2 aromatic rings. The lowest BCUT2D eigenvalue weighted by molar-refractivity contribution is 0.556. The predicted octanol–water partition coefficient (Wildman–Crippen LogP) is 3.95. The van der Waals surface area contributed by atoms with Crippen LogP contribution >= 0.6 is 11.3 Å². The molecule has 0 aliphatic carbocycles. The summed E-state index contributed by atoms with van der Waals surface area (Å²) in [5.41, 5.74) is 0.677. The summed E-state index contributed by atoms with van der Waals surface area (Å²) in [5, 5.41) is 3.04. The van der Waals surface area contributed by atoms with Gasteiger partial charge < -0.3 is 5.32 Å². The monoisotopic (exact) mass is 267 g/mol. The Hall–Kier alpha value is -1.26. The zero-order valence-corrected chi connectivity index (χ0v) is 11.4. The predicted molar refractivity (Wildman–Crippen MR) is 71.1 cm³/mol. The van der Waals surface area contributed by atoms with Gasteiger partial charge in [0.1, 0.15) is 11.6 Å². The lowest BCUT2D eigenvalue weighted by Crippen LogP contribution is -2.18. The maximum atomic E-state index is 14.0. The first-order valence-corrected chi connectivity index (χ1v) is 6.53. The van der Waals surface area contributed by atoms with E-state index in [0.29, 0.717) is 11.1 Å². The highest BCUT2D eigenvalue weighted by Crippen LogP contribution is 2.30. The molecule has 0 aliphatic rings. The van der Waals surface area contributed by atoms with Gasteiger partial charge in [0.25, 0.3) is 0 Å². The Bertz CT molecular complexity index is 563. The molecule has 1 atom stereocenters. The molecule has 1 nitrogen and oxygen atoms in total. The molecule has 0 amide bonds. The van der Waals surface area contributed by atoms with Crippen molar-refractivity contribution in [2.45, 2.75) is 19.9 Å². The van der Waals surface area contributed by atoms with Gasteiger partial charge >= 0.3 is 0 Å². The number of hydrogen-bond donors (Lipinski definition) is 1. The average Bonchev–Trinajstić information content (AvgIpc) is 2.73. The highest BCUT2D eigenvalue weighted by Gasteiger charge is 2.19. The molecule has 18 heavy (non-hydrogen) atoms. The van der Waals surface area contributed by atoms with Crippen molar-refractivity contribution in [2.24, 2.45) is 0 Å². The van der Waals surface area contributed by atoms with Crippen LogP contribution < -0.4 is 5.32 Å². The summed E-state index contributed by atoms with van der Waals surface area (Å²) >= 11 is 1.58. The molecule has 0 spiro atoms. The maximum Gasteiger partial charge on any atom is 0.128 e.